The van der Waals surface area contributed by atoms with Gasteiger partial charge in [-0.05, 0) is 31.5 Å². The average Bonchev–Trinajstić information content (AvgIpc) is 2.40. The minimum absolute atomic E-state index is 0.0497. The van der Waals surface area contributed by atoms with Crippen molar-refractivity contribution in [3.05, 3.63) is 46.9 Å². The third-order valence-corrected chi connectivity index (χ3v) is 2.71. The number of rotatable bonds is 5. The molecule has 2 aromatic rings. The highest BCUT2D eigenvalue weighted by atomic mass is 35.5. The van der Waals surface area contributed by atoms with Crippen LogP contribution in [0.2, 0.25) is 5.02 Å². The van der Waals surface area contributed by atoms with E-state index >= 15 is 0 Å². The summed E-state index contributed by atoms with van der Waals surface area (Å²) in [6, 6.07) is 6.25. The topological polar surface area (TPSA) is 47.0 Å². The maximum atomic E-state index is 13.0. The third kappa shape index (κ3) is 4.06. The molecule has 1 aromatic carbocycles. The van der Waals surface area contributed by atoms with Gasteiger partial charge in [0, 0.05) is 18.8 Å². The van der Waals surface area contributed by atoms with E-state index in [1.54, 1.807) is 24.4 Å². The van der Waals surface area contributed by atoms with E-state index in [1.165, 1.54) is 6.07 Å². The normalized spacial score (nSPS) is 10.7. The van der Waals surface area contributed by atoms with Gasteiger partial charge in [0.25, 0.3) is 0 Å². The zero-order valence-corrected chi connectivity index (χ0v) is 12.0. The lowest BCUT2D eigenvalue weighted by Crippen LogP contribution is -2.09. The first kappa shape index (κ1) is 14.5. The van der Waals surface area contributed by atoms with Crippen molar-refractivity contribution in [3.63, 3.8) is 0 Å². The Morgan fingerprint density at radius 2 is 2.15 bits per heavy atom. The van der Waals surface area contributed by atoms with E-state index in [9.17, 15) is 4.39 Å². The van der Waals surface area contributed by atoms with E-state index in [1.807, 2.05) is 13.8 Å². The van der Waals surface area contributed by atoms with E-state index in [-0.39, 0.29) is 11.1 Å². The monoisotopic (exact) mass is 295 g/mol. The molecular weight excluding hydrogens is 281 g/mol. The molecule has 0 unspecified atom stereocenters. The van der Waals surface area contributed by atoms with Gasteiger partial charge in [0.15, 0.2) is 0 Å². The molecule has 0 fully saturated rings. The molecule has 0 bridgehead atoms. The van der Waals surface area contributed by atoms with Crippen molar-refractivity contribution in [2.75, 3.05) is 5.32 Å². The van der Waals surface area contributed by atoms with Gasteiger partial charge in [0.2, 0.25) is 11.8 Å². The Kier molecular flexibility index (Phi) is 4.74. The molecule has 4 nitrogen and oxygen atoms in total. The number of nitrogens with one attached hydrogen (secondary N) is 1. The molecule has 6 heteroatoms. The minimum Gasteiger partial charge on any atom is -0.475 e. The molecule has 1 N–H and O–H groups in total. The smallest absolute Gasteiger partial charge is 0.226 e. The summed E-state index contributed by atoms with van der Waals surface area (Å²) >= 11 is 5.72. The molecule has 106 valence electrons. The molecule has 0 spiro atoms. The maximum absolute atomic E-state index is 13.0. The summed E-state index contributed by atoms with van der Waals surface area (Å²) in [6.45, 7) is 4.30. The number of aromatic nitrogens is 2. The Labute approximate surface area is 122 Å². The molecule has 20 heavy (non-hydrogen) atoms. The Hall–Kier alpha value is -1.88. The van der Waals surface area contributed by atoms with Crippen LogP contribution in [0.5, 0.6) is 5.88 Å². The number of halogens is 2. The second-order valence-corrected chi connectivity index (χ2v) is 4.89. The average molecular weight is 296 g/mol. The molecule has 1 heterocycles. The number of hydrogen-bond donors (Lipinski definition) is 1. The number of nitrogens with zero attached hydrogens (tertiary/aromatic N) is 2. The van der Waals surface area contributed by atoms with Crippen molar-refractivity contribution in [2.24, 2.45) is 0 Å². The molecule has 0 aliphatic heterocycles. The molecule has 1 aromatic heterocycles. The van der Waals surface area contributed by atoms with E-state index in [2.05, 4.69) is 15.3 Å². The number of hydrogen-bond acceptors (Lipinski definition) is 4. The van der Waals surface area contributed by atoms with Gasteiger partial charge in [0.1, 0.15) is 5.82 Å². The fourth-order valence-electron chi connectivity index (χ4n) is 1.57. The summed E-state index contributed by atoms with van der Waals surface area (Å²) in [5.74, 6) is 0.525. The standard InChI is InChI=1S/C14H15ClFN3O/c1-9(2)20-13-5-6-17-14(19-13)18-8-10-3-4-12(16)11(15)7-10/h3-7,9H,8H2,1-2H3,(H,17,18,19). The summed E-state index contributed by atoms with van der Waals surface area (Å²) in [5.41, 5.74) is 0.843. The maximum Gasteiger partial charge on any atom is 0.226 e. The largest absolute Gasteiger partial charge is 0.475 e. The first-order valence-corrected chi connectivity index (χ1v) is 6.60. The fraction of sp³-hybridized carbons (Fsp3) is 0.286. The van der Waals surface area contributed by atoms with Crippen LogP contribution in [0.4, 0.5) is 10.3 Å². The van der Waals surface area contributed by atoms with Gasteiger partial charge in [-0.2, -0.15) is 4.98 Å². The summed E-state index contributed by atoms with van der Waals surface area (Å²) < 4.78 is 18.5. The van der Waals surface area contributed by atoms with Crippen molar-refractivity contribution in [1.29, 1.82) is 0 Å². The summed E-state index contributed by atoms with van der Waals surface area (Å²) in [7, 11) is 0. The minimum atomic E-state index is -0.431. The van der Waals surface area contributed by atoms with Crippen LogP contribution in [-0.4, -0.2) is 16.1 Å². The van der Waals surface area contributed by atoms with Gasteiger partial charge in [-0.15, -0.1) is 0 Å². The molecule has 0 aliphatic rings. The SMILES string of the molecule is CC(C)Oc1ccnc(NCc2ccc(F)c(Cl)c2)n1. The Bertz CT molecular complexity index is 592. The molecular formula is C14H15ClFN3O. The van der Waals surface area contributed by atoms with Crippen molar-refractivity contribution >= 4 is 17.5 Å². The van der Waals surface area contributed by atoms with Crippen molar-refractivity contribution in [1.82, 2.24) is 9.97 Å². The summed E-state index contributed by atoms with van der Waals surface area (Å²) in [4.78, 5) is 8.31. The Balaban J connectivity index is 2.01. The van der Waals surface area contributed by atoms with Crippen LogP contribution in [0.15, 0.2) is 30.5 Å². The van der Waals surface area contributed by atoms with Gasteiger partial charge in [-0.3, -0.25) is 0 Å². The summed E-state index contributed by atoms with van der Waals surface area (Å²) in [6.07, 6.45) is 1.67. The van der Waals surface area contributed by atoms with Crippen LogP contribution < -0.4 is 10.1 Å². The highest BCUT2D eigenvalue weighted by Crippen LogP contribution is 2.17. The van der Waals surface area contributed by atoms with Gasteiger partial charge >= 0.3 is 0 Å². The predicted molar refractivity (Wildman–Crippen MR) is 76.5 cm³/mol. The molecule has 0 saturated heterocycles. The van der Waals surface area contributed by atoms with Crippen molar-refractivity contribution in [3.8, 4) is 5.88 Å². The van der Waals surface area contributed by atoms with E-state index in [0.717, 1.165) is 5.56 Å². The van der Waals surface area contributed by atoms with Crippen molar-refractivity contribution < 1.29 is 9.13 Å². The number of anilines is 1. The quantitative estimate of drug-likeness (QED) is 0.914. The van der Waals surface area contributed by atoms with Crippen LogP contribution in [0.3, 0.4) is 0 Å². The van der Waals surface area contributed by atoms with Gasteiger partial charge in [-0.25, -0.2) is 9.37 Å². The van der Waals surface area contributed by atoms with Gasteiger partial charge < -0.3 is 10.1 Å². The lowest BCUT2D eigenvalue weighted by molar-refractivity contribution is 0.232. The van der Waals surface area contributed by atoms with Gasteiger partial charge in [-0.1, -0.05) is 17.7 Å². The van der Waals surface area contributed by atoms with Crippen LogP contribution in [0, 0.1) is 5.82 Å². The predicted octanol–water partition coefficient (Wildman–Crippen LogP) is 3.67. The van der Waals surface area contributed by atoms with Gasteiger partial charge in [0.05, 0.1) is 11.1 Å². The highest BCUT2D eigenvalue weighted by molar-refractivity contribution is 6.30. The number of ether oxygens (including phenoxy) is 1. The zero-order valence-electron chi connectivity index (χ0n) is 11.2. The Morgan fingerprint density at radius 3 is 2.85 bits per heavy atom. The van der Waals surface area contributed by atoms with Crippen LogP contribution in [0.25, 0.3) is 0 Å². The van der Waals surface area contributed by atoms with Crippen LogP contribution in [0.1, 0.15) is 19.4 Å². The molecule has 0 saturated carbocycles. The molecule has 0 radical (unpaired) electrons. The zero-order chi connectivity index (χ0) is 14.5. The first-order chi connectivity index (χ1) is 9.54. The first-order valence-electron chi connectivity index (χ1n) is 6.22. The molecule has 0 amide bonds. The highest BCUT2D eigenvalue weighted by Gasteiger charge is 2.04. The number of benzene rings is 1. The fourth-order valence-corrected chi connectivity index (χ4v) is 1.77. The molecule has 2 rings (SSSR count). The second kappa shape index (κ2) is 6.52. The molecule has 0 atom stereocenters. The van der Waals surface area contributed by atoms with E-state index in [4.69, 9.17) is 16.3 Å². The van der Waals surface area contributed by atoms with Crippen LogP contribution in [-0.2, 0) is 6.54 Å². The molecule has 0 aliphatic carbocycles. The summed E-state index contributed by atoms with van der Waals surface area (Å²) in [5, 5.41) is 3.14. The van der Waals surface area contributed by atoms with Crippen LogP contribution >= 0.6 is 11.6 Å². The second-order valence-electron chi connectivity index (χ2n) is 4.49. The van der Waals surface area contributed by atoms with E-state index in [0.29, 0.717) is 18.4 Å². The lowest BCUT2D eigenvalue weighted by atomic mass is 10.2. The van der Waals surface area contributed by atoms with Crippen molar-refractivity contribution in [2.45, 2.75) is 26.5 Å². The third-order valence-electron chi connectivity index (χ3n) is 2.42. The Morgan fingerprint density at radius 1 is 1.35 bits per heavy atom. The van der Waals surface area contributed by atoms with E-state index < -0.39 is 5.82 Å². The lowest BCUT2D eigenvalue weighted by Gasteiger charge is -2.10.